The lowest BCUT2D eigenvalue weighted by Crippen LogP contribution is -2.16. The largest absolute Gasteiger partial charge is 0.478 e. The van der Waals surface area contributed by atoms with Crippen molar-refractivity contribution in [2.45, 2.75) is 25.7 Å². The van der Waals surface area contributed by atoms with Crippen molar-refractivity contribution in [1.29, 1.82) is 0 Å². The van der Waals surface area contributed by atoms with Gasteiger partial charge in [-0.2, -0.15) is 9.47 Å². The van der Waals surface area contributed by atoms with Crippen LogP contribution < -0.4 is 4.72 Å². The van der Waals surface area contributed by atoms with Crippen molar-refractivity contribution in [2.24, 2.45) is 7.05 Å². The zero-order valence-electron chi connectivity index (χ0n) is 11.8. The standard InChI is InChI=1S/C11H14N4O4S2/c1-5-8(11(16)17)10(20-13-5)14-21(18,19)9-6(2)12-15(4)7(9)3/h14H,1-4H3,(H,16,17). The fourth-order valence-corrected chi connectivity index (χ4v) is 4.53. The maximum Gasteiger partial charge on any atom is 0.340 e. The Morgan fingerprint density at radius 2 is 1.90 bits per heavy atom. The predicted octanol–water partition coefficient (Wildman–Crippen LogP) is 1.30. The van der Waals surface area contributed by atoms with Gasteiger partial charge in [-0.1, -0.05) is 0 Å². The highest BCUT2D eigenvalue weighted by Gasteiger charge is 2.27. The van der Waals surface area contributed by atoms with Crippen LogP contribution in [0.4, 0.5) is 5.00 Å². The van der Waals surface area contributed by atoms with Crippen molar-refractivity contribution >= 4 is 32.5 Å². The van der Waals surface area contributed by atoms with Crippen molar-refractivity contribution in [2.75, 3.05) is 4.72 Å². The van der Waals surface area contributed by atoms with E-state index in [-0.39, 0.29) is 21.2 Å². The van der Waals surface area contributed by atoms with Gasteiger partial charge in [-0.05, 0) is 32.3 Å². The third kappa shape index (κ3) is 2.63. The summed E-state index contributed by atoms with van der Waals surface area (Å²) in [5, 5.41) is 13.2. The average molecular weight is 330 g/mol. The molecule has 2 aromatic rings. The second kappa shape index (κ2) is 5.11. The Morgan fingerprint density at radius 1 is 1.29 bits per heavy atom. The van der Waals surface area contributed by atoms with E-state index in [9.17, 15) is 13.2 Å². The minimum absolute atomic E-state index is 0.0114. The molecule has 2 N–H and O–H groups in total. The molecule has 8 nitrogen and oxygen atoms in total. The summed E-state index contributed by atoms with van der Waals surface area (Å²) in [6, 6.07) is 0. The van der Waals surface area contributed by atoms with Crippen LogP contribution in [0.25, 0.3) is 0 Å². The summed E-state index contributed by atoms with van der Waals surface area (Å²) in [4.78, 5) is 11.2. The fourth-order valence-electron chi connectivity index (χ4n) is 2.01. The summed E-state index contributed by atoms with van der Waals surface area (Å²) in [5.41, 5.74) is 0.950. The van der Waals surface area contributed by atoms with Crippen LogP contribution in [0, 0.1) is 20.8 Å². The second-order valence-corrected chi connectivity index (χ2v) is 6.90. The van der Waals surface area contributed by atoms with E-state index in [2.05, 4.69) is 14.2 Å². The molecule has 0 spiro atoms. The highest BCUT2D eigenvalue weighted by molar-refractivity contribution is 7.93. The summed E-state index contributed by atoms with van der Waals surface area (Å²) in [6.07, 6.45) is 0. The number of nitrogens with one attached hydrogen (secondary N) is 1. The maximum absolute atomic E-state index is 12.5. The topological polar surface area (TPSA) is 114 Å². The normalized spacial score (nSPS) is 11.6. The molecular weight excluding hydrogens is 316 g/mol. The molecule has 0 radical (unpaired) electrons. The molecule has 0 saturated heterocycles. The lowest BCUT2D eigenvalue weighted by atomic mass is 10.2. The van der Waals surface area contributed by atoms with Gasteiger partial charge < -0.3 is 5.11 Å². The number of rotatable bonds is 4. The predicted molar refractivity (Wildman–Crippen MR) is 77.3 cm³/mol. The number of aromatic carboxylic acids is 1. The Morgan fingerprint density at radius 3 is 2.38 bits per heavy atom. The molecule has 10 heteroatoms. The van der Waals surface area contributed by atoms with Crippen molar-refractivity contribution in [3.63, 3.8) is 0 Å². The number of carboxylic acids is 1. The summed E-state index contributed by atoms with van der Waals surface area (Å²) < 4.78 is 32.6. The van der Waals surface area contributed by atoms with Crippen molar-refractivity contribution in [3.8, 4) is 0 Å². The summed E-state index contributed by atoms with van der Waals surface area (Å²) in [6.45, 7) is 4.72. The number of aryl methyl sites for hydroxylation is 3. The molecule has 0 amide bonds. The van der Waals surface area contributed by atoms with E-state index in [1.807, 2.05) is 0 Å². The highest BCUT2D eigenvalue weighted by atomic mass is 32.2. The van der Waals surface area contributed by atoms with Crippen LogP contribution in [0.1, 0.15) is 27.4 Å². The van der Waals surface area contributed by atoms with Crippen LogP contribution in [-0.2, 0) is 17.1 Å². The molecular formula is C11H14N4O4S2. The molecule has 2 rings (SSSR count). The van der Waals surface area contributed by atoms with E-state index in [4.69, 9.17) is 5.11 Å². The van der Waals surface area contributed by atoms with E-state index >= 15 is 0 Å². The van der Waals surface area contributed by atoms with E-state index in [1.165, 1.54) is 11.6 Å². The molecule has 0 aliphatic heterocycles. The third-order valence-electron chi connectivity index (χ3n) is 3.02. The Bertz CT molecular complexity index is 820. The number of carboxylic acid groups (broad SMARTS) is 1. The zero-order valence-corrected chi connectivity index (χ0v) is 13.5. The Labute approximate surface area is 125 Å². The first-order chi connectivity index (χ1) is 9.65. The summed E-state index contributed by atoms with van der Waals surface area (Å²) in [7, 11) is -2.28. The van der Waals surface area contributed by atoms with Crippen LogP contribution in [0.5, 0.6) is 0 Å². The first kappa shape index (κ1) is 15.4. The SMILES string of the molecule is Cc1nsc(NS(=O)(=O)c2c(C)nn(C)c2C)c1C(=O)O. The lowest BCUT2D eigenvalue weighted by molar-refractivity contribution is 0.0697. The highest BCUT2D eigenvalue weighted by Crippen LogP contribution is 2.28. The van der Waals surface area contributed by atoms with Gasteiger partial charge in [-0.3, -0.25) is 9.40 Å². The molecule has 0 atom stereocenters. The molecule has 2 heterocycles. The fraction of sp³-hybridized carbons (Fsp3) is 0.364. The summed E-state index contributed by atoms with van der Waals surface area (Å²) >= 11 is 0.796. The van der Waals surface area contributed by atoms with Crippen LogP contribution >= 0.6 is 11.5 Å². The molecule has 0 saturated carbocycles. The van der Waals surface area contributed by atoms with Crippen LogP contribution in [0.15, 0.2) is 4.90 Å². The molecule has 0 aromatic carbocycles. The van der Waals surface area contributed by atoms with E-state index in [1.54, 1.807) is 20.9 Å². The molecule has 0 aliphatic carbocycles. The lowest BCUT2D eigenvalue weighted by Gasteiger charge is -2.07. The number of aromatic nitrogens is 3. The van der Waals surface area contributed by atoms with Gasteiger partial charge in [0.25, 0.3) is 10.0 Å². The molecule has 0 unspecified atom stereocenters. The Kier molecular flexibility index (Phi) is 3.76. The van der Waals surface area contributed by atoms with Gasteiger partial charge in [-0.15, -0.1) is 0 Å². The number of hydrogen-bond acceptors (Lipinski definition) is 6. The number of sulfonamides is 1. The zero-order chi connectivity index (χ0) is 15.9. The molecule has 114 valence electrons. The van der Waals surface area contributed by atoms with Crippen LogP contribution in [0.3, 0.4) is 0 Å². The van der Waals surface area contributed by atoms with Crippen LogP contribution in [0.2, 0.25) is 0 Å². The van der Waals surface area contributed by atoms with E-state index in [0.29, 0.717) is 11.4 Å². The summed E-state index contributed by atoms with van der Waals surface area (Å²) in [5.74, 6) is -1.22. The van der Waals surface area contributed by atoms with Gasteiger partial charge in [0, 0.05) is 7.05 Å². The molecule has 21 heavy (non-hydrogen) atoms. The minimum atomic E-state index is -3.92. The number of hydrogen-bond donors (Lipinski definition) is 2. The van der Waals surface area contributed by atoms with E-state index < -0.39 is 16.0 Å². The van der Waals surface area contributed by atoms with E-state index in [0.717, 1.165) is 11.5 Å². The molecule has 0 bridgehead atoms. The Balaban J connectivity index is 2.50. The number of anilines is 1. The maximum atomic E-state index is 12.5. The van der Waals surface area contributed by atoms with Gasteiger partial charge >= 0.3 is 5.97 Å². The molecule has 0 aliphatic rings. The number of nitrogens with zero attached hydrogens (tertiary/aromatic N) is 3. The van der Waals surface area contributed by atoms with Crippen molar-refractivity contribution in [1.82, 2.24) is 14.2 Å². The smallest absolute Gasteiger partial charge is 0.340 e. The van der Waals surface area contributed by atoms with Gasteiger partial charge in [0.2, 0.25) is 0 Å². The quantitative estimate of drug-likeness (QED) is 0.873. The molecule has 0 fully saturated rings. The first-order valence-electron chi connectivity index (χ1n) is 5.87. The second-order valence-electron chi connectivity index (χ2n) is 4.51. The van der Waals surface area contributed by atoms with Crippen molar-refractivity contribution in [3.05, 3.63) is 22.6 Å². The van der Waals surface area contributed by atoms with Gasteiger partial charge in [-0.25, -0.2) is 13.2 Å². The Hall–Kier alpha value is -1.94. The molecule has 2 aromatic heterocycles. The first-order valence-corrected chi connectivity index (χ1v) is 8.13. The minimum Gasteiger partial charge on any atom is -0.478 e. The third-order valence-corrected chi connectivity index (χ3v) is 5.60. The van der Waals surface area contributed by atoms with Gasteiger partial charge in [0.05, 0.1) is 17.1 Å². The van der Waals surface area contributed by atoms with Crippen molar-refractivity contribution < 1.29 is 18.3 Å². The van der Waals surface area contributed by atoms with Gasteiger partial charge in [0.1, 0.15) is 15.5 Å². The number of carbonyl (C=O) groups is 1. The average Bonchev–Trinajstić information content (AvgIpc) is 2.80. The van der Waals surface area contributed by atoms with Gasteiger partial charge in [0.15, 0.2) is 0 Å². The van der Waals surface area contributed by atoms with Crippen LogP contribution in [-0.4, -0.2) is 33.6 Å². The monoisotopic (exact) mass is 330 g/mol.